The van der Waals surface area contributed by atoms with E-state index in [1.807, 2.05) is 0 Å². The van der Waals surface area contributed by atoms with Crippen LogP contribution in [0.5, 0.6) is 0 Å². The van der Waals surface area contributed by atoms with Gasteiger partial charge >= 0.3 is 19.8 Å². The molecule has 0 aromatic rings. The third kappa shape index (κ3) is 30.2. The molecule has 0 saturated heterocycles. The minimum atomic E-state index is -5.12. The van der Waals surface area contributed by atoms with Crippen LogP contribution in [0.15, 0.2) is 24.3 Å². The van der Waals surface area contributed by atoms with E-state index in [-0.39, 0.29) is 12.8 Å². The maximum Gasteiger partial charge on any atom is 0.472 e. The zero-order valence-electron chi connectivity index (χ0n) is 38.0. The van der Waals surface area contributed by atoms with Crippen LogP contribution < -0.4 is 0 Å². The van der Waals surface area contributed by atoms with Gasteiger partial charge in [0.25, 0.3) is 0 Å². The molecule has 6 N–H and O–H groups in total. The number of carbonyl (C=O) groups is 2. The predicted molar refractivity (Wildman–Crippen MR) is 240 cm³/mol. The zero-order chi connectivity index (χ0) is 45.0. The van der Waals surface area contributed by atoms with Gasteiger partial charge in [-0.25, -0.2) is 4.57 Å². The lowest BCUT2D eigenvalue weighted by Crippen LogP contribution is -2.64. The highest BCUT2D eigenvalue weighted by Gasteiger charge is 2.51. The highest BCUT2D eigenvalue weighted by atomic mass is 31.2. The van der Waals surface area contributed by atoms with Crippen LogP contribution in [0.3, 0.4) is 0 Å². The van der Waals surface area contributed by atoms with Gasteiger partial charge in [-0.3, -0.25) is 18.6 Å². The van der Waals surface area contributed by atoms with E-state index >= 15 is 0 Å². The van der Waals surface area contributed by atoms with Crippen LogP contribution in [-0.2, 0) is 32.7 Å². The van der Waals surface area contributed by atoms with Crippen LogP contribution in [0.25, 0.3) is 0 Å². The Morgan fingerprint density at radius 2 is 0.836 bits per heavy atom. The number of phosphoric acid groups is 1. The van der Waals surface area contributed by atoms with E-state index in [2.05, 4.69) is 38.2 Å². The molecule has 8 atom stereocenters. The van der Waals surface area contributed by atoms with Gasteiger partial charge in [0.2, 0.25) is 0 Å². The molecule has 6 unspecified atom stereocenters. The van der Waals surface area contributed by atoms with Gasteiger partial charge in [0.05, 0.1) is 6.61 Å². The summed E-state index contributed by atoms with van der Waals surface area (Å²) in [7, 11) is -5.12. The average Bonchev–Trinajstić information content (AvgIpc) is 3.24. The molecule has 0 aromatic carbocycles. The second-order valence-corrected chi connectivity index (χ2v) is 18.4. The number of aliphatic hydroxyl groups excluding tert-OH is 5. The van der Waals surface area contributed by atoms with Crippen molar-refractivity contribution in [2.45, 2.75) is 249 Å². The molecule has 1 fully saturated rings. The maximum atomic E-state index is 12.8. The minimum absolute atomic E-state index is 0.0946. The molecule has 14 heteroatoms. The van der Waals surface area contributed by atoms with E-state index in [9.17, 15) is 44.6 Å². The zero-order valence-corrected chi connectivity index (χ0v) is 38.9. The summed E-state index contributed by atoms with van der Waals surface area (Å²) in [5.74, 6) is -1.11. The first kappa shape index (κ1) is 57.3. The highest BCUT2D eigenvalue weighted by molar-refractivity contribution is 7.47. The molecular formula is C47H87O13P. The van der Waals surface area contributed by atoms with Crippen LogP contribution in [0.1, 0.15) is 206 Å². The Morgan fingerprint density at radius 1 is 0.492 bits per heavy atom. The Balaban J connectivity index is 2.44. The topological polar surface area (TPSA) is 210 Å². The summed E-state index contributed by atoms with van der Waals surface area (Å²) in [6.07, 6.45) is 28.0. The van der Waals surface area contributed by atoms with E-state index in [1.54, 1.807) is 0 Å². The first-order valence-electron chi connectivity index (χ1n) is 24.1. The molecule has 0 aromatic heterocycles. The van der Waals surface area contributed by atoms with Crippen molar-refractivity contribution < 1.29 is 63.1 Å². The van der Waals surface area contributed by atoms with Gasteiger partial charge in [-0.2, -0.15) is 0 Å². The van der Waals surface area contributed by atoms with Crippen LogP contribution in [-0.4, -0.2) is 98.3 Å². The van der Waals surface area contributed by atoms with Crippen molar-refractivity contribution in [2.75, 3.05) is 13.2 Å². The summed E-state index contributed by atoms with van der Waals surface area (Å²) >= 11 is 0. The fourth-order valence-electron chi connectivity index (χ4n) is 7.34. The first-order chi connectivity index (χ1) is 29.4. The third-order valence-corrected chi connectivity index (χ3v) is 12.3. The number of esters is 2. The smallest absolute Gasteiger partial charge is 0.462 e. The normalized spacial score (nSPS) is 22.2. The summed E-state index contributed by atoms with van der Waals surface area (Å²) in [6, 6.07) is 0. The number of hydrogen-bond acceptors (Lipinski definition) is 12. The maximum absolute atomic E-state index is 12.8. The minimum Gasteiger partial charge on any atom is -0.462 e. The molecule has 0 radical (unpaired) electrons. The van der Waals surface area contributed by atoms with Gasteiger partial charge in [0.1, 0.15) is 43.2 Å². The standard InChI is InChI=1S/C47H87O13P/c1-3-5-7-9-11-13-15-17-19-20-22-24-26-28-30-32-34-36-41(49)59-39(38-58-61(55,56)60-47-45(53)43(51)42(50)44(52)46(47)54)37-57-40(48)35-33-31-29-27-25-23-21-18-16-14-12-10-8-6-4-2/h13,15,18,21,39,42-47,50-54H,3-12,14,16-17,19-20,22-38H2,1-2H3,(H,55,56)/b15-13+,21-18+/t39-,42?,43+,44?,45?,46?,47?/m1/s1. The van der Waals surface area contributed by atoms with Crippen molar-refractivity contribution in [3.8, 4) is 0 Å². The number of hydrogen-bond donors (Lipinski definition) is 6. The molecule has 1 rings (SSSR count). The second kappa shape index (κ2) is 37.7. The van der Waals surface area contributed by atoms with Crippen molar-refractivity contribution in [3.05, 3.63) is 24.3 Å². The molecule has 0 bridgehead atoms. The number of ether oxygens (including phenoxy) is 2. The Morgan fingerprint density at radius 3 is 1.26 bits per heavy atom. The second-order valence-electron chi connectivity index (χ2n) is 17.0. The lowest BCUT2D eigenvalue weighted by Gasteiger charge is -2.41. The van der Waals surface area contributed by atoms with E-state index in [4.69, 9.17) is 18.5 Å². The van der Waals surface area contributed by atoms with Crippen LogP contribution in [0, 0.1) is 0 Å². The quantitative estimate of drug-likeness (QED) is 0.0147. The monoisotopic (exact) mass is 891 g/mol. The van der Waals surface area contributed by atoms with E-state index in [0.717, 1.165) is 70.6 Å². The molecule has 1 aliphatic carbocycles. The van der Waals surface area contributed by atoms with Gasteiger partial charge in [-0.1, -0.05) is 154 Å². The van der Waals surface area contributed by atoms with Gasteiger partial charge in [-0.15, -0.1) is 0 Å². The summed E-state index contributed by atoms with van der Waals surface area (Å²) in [5.41, 5.74) is 0. The Hall–Kier alpha value is -1.67. The van der Waals surface area contributed by atoms with E-state index < -0.39 is 75.7 Å². The molecule has 13 nitrogen and oxygen atoms in total. The number of allylic oxidation sites excluding steroid dienone is 4. The number of aliphatic hydroxyl groups is 5. The molecule has 0 spiro atoms. The molecule has 0 amide bonds. The molecule has 61 heavy (non-hydrogen) atoms. The molecule has 1 saturated carbocycles. The van der Waals surface area contributed by atoms with Crippen molar-refractivity contribution in [1.29, 1.82) is 0 Å². The van der Waals surface area contributed by atoms with Crippen molar-refractivity contribution in [1.82, 2.24) is 0 Å². The van der Waals surface area contributed by atoms with Gasteiger partial charge in [-0.05, 0) is 64.2 Å². The number of rotatable bonds is 40. The van der Waals surface area contributed by atoms with Crippen LogP contribution in [0.4, 0.5) is 0 Å². The summed E-state index contributed by atoms with van der Waals surface area (Å²) in [5, 5.41) is 50.2. The number of phosphoric ester groups is 1. The molecule has 1 aliphatic rings. The fourth-order valence-corrected chi connectivity index (χ4v) is 8.31. The van der Waals surface area contributed by atoms with Crippen LogP contribution in [0.2, 0.25) is 0 Å². The third-order valence-electron chi connectivity index (χ3n) is 11.3. The number of carbonyl (C=O) groups excluding carboxylic acids is 2. The van der Waals surface area contributed by atoms with Crippen molar-refractivity contribution in [2.24, 2.45) is 0 Å². The van der Waals surface area contributed by atoms with Crippen molar-refractivity contribution >= 4 is 19.8 Å². The van der Waals surface area contributed by atoms with E-state index in [0.29, 0.717) is 12.8 Å². The lowest BCUT2D eigenvalue weighted by molar-refractivity contribution is -0.220. The molecular weight excluding hydrogens is 803 g/mol. The SMILES string of the molecule is CCCCCC/C=C/CCCCCCCCCCCC(=O)O[C@H](COC(=O)CCCCCCC/C=C/CCCCCCCC)COP(=O)(O)OC1C(O)C(O)C(O)[C@H](O)C1O. The highest BCUT2D eigenvalue weighted by Crippen LogP contribution is 2.47. The van der Waals surface area contributed by atoms with E-state index in [1.165, 1.54) is 96.3 Å². The Bertz CT molecular complexity index is 1170. The Labute approximate surface area is 368 Å². The first-order valence-corrected chi connectivity index (χ1v) is 25.6. The fraction of sp³-hybridized carbons (Fsp3) is 0.872. The van der Waals surface area contributed by atoms with Gasteiger partial charge < -0.3 is 39.9 Å². The number of unbranched alkanes of at least 4 members (excludes halogenated alkanes) is 24. The van der Waals surface area contributed by atoms with Gasteiger partial charge in [0, 0.05) is 12.8 Å². The predicted octanol–water partition coefficient (Wildman–Crippen LogP) is 9.62. The average molecular weight is 891 g/mol. The summed E-state index contributed by atoms with van der Waals surface area (Å²) in [6.45, 7) is 3.29. The lowest BCUT2D eigenvalue weighted by atomic mass is 9.85. The van der Waals surface area contributed by atoms with Crippen LogP contribution >= 0.6 is 7.82 Å². The molecule has 0 heterocycles. The van der Waals surface area contributed by atoms with Crippen molar-refractivity contribution in [3.63, 3.8) is 0 Å². The molecule has 358 valence electrons. The van der Waals surface area contributed by atoms with Gasteiger partial charge in [0.15, 0.2) is 6.10 Å². The Kier molecular flexibility index (Phi) is 35.4. The summed E-state index contributed by atoms with van der Waals surface area (Å²) in [4.78, 5) is 35.7. The summed E-state index contributed by atoms with van der Waals surface area (Å²) < 4.78 is 33.6. The largest absolute Gasteiger partial charge is 0.472 e. The molecule has 0 aliphatic heterocycles.